The number of hydrogen-bond acceptors (Lipinski definition) is 7. The summed E-state index contributed by atoms with van der Waals surface area (Å²) in [5, 5.41) is 13.8. The first-order valence-corrected chi connectivity index (χ1v) is 12.6. The average molecular weight is 474 g/mol. The van der Waals surface area contributed by atoms with Gasteiger partial charge in [-0.3, -0.25) is 4.90 Å². The Bertz CT molecular complexity index is 988. The van der Waals surface area contributed by atoms with Crippen LogP contribution in [0.5, 0.6) is 5.88 Å². The van der Waals surface area contributed by atoms with E-state index in [1.54, 1.807) is 13.1 Å². The number of halogens is 1. The Labute approximate surface area is 202 Å². The summed E-state index contributed by atoms with van der Waals surface area (Å²) in [6, 6.07) is -0.369. The number of pyridine rings is 1. The fourth-order valence-electron chi connectivity index (χ4n) is 5.65. The molecular weight excluding hydrogens is 433 g/mol. The Hall–Kier alpha value is -2.06. The maximum Gasteiger partial charge on any atom is 0.224 e. The number of aliphatic hydroxyl groups is 1. The number of nitrogens with one attached hydrogen (secondary N) is 1. The van der Waals surface area contributed by atoms with Gasteiger partial charge < -0.3 is 15.2 Å². The SMILES string of the molecule is C[C@@H](CF)Nc1ncc2c(OC3CC(C)(C)N(C)C(C)(C)C3)ncc(C3CCC(O)CC3)c2n1. The predicted molar refractivity (Wildman–Crippen MR) is 133 cm³/mol. The molecule has 0 bridgehead atoms. The molecule has 2 aliphatic rings. The average Bonchev–Trinajstić information content (AvgIpc) is 2.78. The van der Waals surface area contributed by atoms with Crippen molar-refractivity contribution in [1.82, 2.24) is 19.9 Å². The van der Waals surface area contributed by atoms with Crippen molar-refractivity contribution in [3.63, 3.8) is 0 Å². The third-order valence-corrected chi connectivity index (χ3v) is 7.91. The Morgan fingerprint density at radius 2 is 1.76 bits per heavy atom. The van der Waals surface area contributed by atoms with E-state index >= 15 is 0 Å². The Morgan fingerprint density at radius 1 is 1.12 bits per heavy atom. The van der Waals surface area contributed by atoms with E-state index in [2.05, 4.69) is 49.9 Å². The van der Waals surface area contributed by atoms with E-state index in [9.17, 15) is 9.50 Å². The summed E-state index contributed by atoms with van der Waals surface area (Å²) in [7, 11) is 2.18. The highest BCUT2D eigenvalue weighted by Crippen LogP contribution is 2.41. The minimum Gasteiger partial charge on any atom is -0.474 e. The molecule has 1 aliphatic carbocycles. The molecule has 0 radical (unpaired) electrons. The quantitative estimate of drug-likeness (QED) is 0.621. The van der Waals surface area contributed by atoms with Crippen molar-refractivity contribution in [2.45, 2.75) is 108 Å². The summed E-state index contributed by atoms with van der Waals surface area (Å²) in [5.74, 6) is 1.24. The molecule has 2 fully saturated rings. The number of ether oxygens (including phenoxy) is 1. The van der Waals surface area contributed by atoms with E-state index in [4.69, 9.17) is 14.7 Å². The molecule has 0 unspecified atom stereocenters. The number of aliphatic hydroxyl groups excluding tert-OH is 1. The highest BCUT2D eigenvalue weighted by molar-refractivity contribution is 5.86. The highest BCUT2D eigenvalue weighted by atomic mass is 19.1. The third-order valence-electron chi connectivity index (χ3n) is 7.91. The molecule has 0 aromatic carbocycles. The van der Waals surface area contributed by atoms with E-state index < -0.39 is 6.67 Å². The van der Waals surface area contributed by atoms with Gasteiger partial charge in [0.2, 0.25) is 11.8 Å². The van der Waals surface area contributed by atoms with Crippen LogP contribution < -0.4 is 10.1 Å². The van der Waals surface area contributed by atoms with Crippen molar-refractivity contribution < 1.29 is 14.2 Å². The summed E-state index contributed by atoms with van der Waals surface area (Å²) in [6.45, 7) is 10.3. The van der Waals surface area contributed by atoms with Gasteiger partial charge in [-0.15, -0.1) is 0 Å². The molecule has 2 aromatic heterocycles. The normalized spacial score (nSPS) is 26.4. The lowest BCUT2D eigenvalue weighted by atomic mass is 9.79. The first-order chi connectivity index (χ1) is 16.0. The van der Waals surface area contributed by atoms with Crippen LogP contribution in [0.3, 0.4) is 0 Å². The molecule has 1 atom stereocenters. The number of aromatic nitrogens is 3. The van der Waals surface area contributed by atoms with Gasteiger partial charge in [0.25, 0.3) is 0 Å². The molecule has 1 saturated carbocycles. The van der Waals surface area contributed by atoms with Crippen molar-refractivity contribution in [2.75, 3.05) is 19.0 Å². The van der Waals surface area contributed by atoms with Gasteiger partial charge in [0, 0.05) is 41.9 Å². The van der Waals surface area contributed by atoms with E-state index in [1.807, 2.05) is 6.20 Å². The molecule has 7 nitrogen and oxygen atoms in total. The summed E-state index contributed by atoms with van der Waals surface area (Å²) in [4.78, 5) is 16.4. The number of likely N-dealkylation sites (tertiary alicyclic amines) is 1. The number of rotatable bonds is 6. The lowest BCUT2D eigenvalue weighted by Gasteiger charge is -2.53. The van der Waals surface area contributed by atoms with Crippen molar-refractivity contribution >= 4 is 16.9 Å². The number of fused-ring (bicyclic) bond motifs is 1. The molecule has 0 spiro atoms. The van der Waals surface area contributed by atoms with Crippen LogP contribution in [0.4, 0.5) is 10.3 Å². The smallest absolute Gasteiger partial charge is 0.224 e. The van der Waals surface area contributed by atoms with Crippen molar-refractivity contribution in [2.24, 2.45) is 0 Å². The first kappa shape index (κ1) is 25.0. The number of alkyl halides is 1. The maximum atomic E-state index is 13.1. The van der Waals surface area contributed by atoms with Crippen LogP contribution in [-0.2, 0) is 0 Å². The van der Waals surface area contributed by atoms with Crippen LogP contribution >= 0.6 is 0 Å². The minimum absolute atomic E-state index is 0.00118. The van der Waals surface area contributed by atoms with Gasteiger partial charge in [-0.25, -0.2) is 19.3 Å². The van der Waals surface area contributed by atoms with E-state index in [1.165, 1.54) is 0 Å². The van der Waals surface area contributed by atoms with Gasteiger partial charge in [0.15, 0.2) is 0 Å². The summed E-state index contributed by atoms with van der Waals surface area (Å²) >= 11 is 0. The number of nitrogens with zero attached hydrogens (tertiary/aromatic N) is 4. The minimum atomic E-state index is -0.499. The topological polar surface area (TPSA) is 83.4 Å². The molecule has 0 amide bonds. The third kappa shape index (κ3) is 5.13. The van der Waals surface area contributed by atoms with Gasteiger partial charge in [0.05, 0.1) is 23.0 Å². The van der Waals surface area contributed by atoms with Gasteiger partial charge in [0.1, 0.15) is 12.8 Å². The van der Waals surface area contributed by atoms with E-state index in [0.29, 0.717) is 11.8 Å². The van der Waals surface area contributed by atoms with Crippen LogP contribution in [-0.4, -0.2) is 68.0 Å². The largest absolute Gasteiger partial charge is 0.474 e. The number of anilines is 1. The zero-order valence-corrected chi connectivity index (χ0v) is 21.4. The van der Waals surface area contributed by atoms with E-state index in [-0.39, 0.29) is 35.2 Å². The van der Waals surface area contributed by atoms with Crippen LogP contribution in [0, 0.1) is 0 Å². The molecule has 8 heteroatoms. The predicted octanol–water partition coefficient (Wildman–Crippen LogP) is 4.84. The number of hydrogen-bond donors (Lipinski definition) is 2. The van der Waals surface area contributed by atoms with Gasteiger partial charge in [-0.05, 0) is 73.3 Å². The highest BCUT2D eigenvalue weighted by Gasteiger charge is 2.44. The zero-order valence-electron chi connectivity index (χ0n) is 21.4. The van der Waals surface area contributed by atoms with Crippen LogP contribution in [0.15, 0.2) is 12.4 Å². The molecule has 4 rings (SSSR count). The molecule has 1 aliphatic heterocycles. The molecule has 34 heavy (non-hydrogen) atoms. The molecular formula is C26H40FN5O2. The Kier molecular flexibility index (Phi) is 7.02. The van der Waals surface area contributed by atoms with Crippen LogP contribution in [0.2, 0.25) is 0 Å². The van der Waals surface area contributed by atoms with E-state index in [0.717, 1.165) is 55.0 Å². The maximum absolute atomic E-state index is 13.1. The zero-order chi connectivity index (χ0) is 24.7. The van der Waals surface area contributed by atoms with Crippen molar-refractivity contribution in [1.29, 1.82) is 0 Å². The summed E-state index contributed by atoms with van der Waals surface area (Å²) < 4.78 is 19.6. The monoisotopic (exact) mass is 473 g/mol. The molecule has 2 aromatic rings. The van der Waals surface area contributed by atoms with Gasteiger partial charge in [-0.1, -0.05) is 0 Å². The summed E-state index contributed by atoms with van der Waals surface area (Å²) in [6.07, 6.45) is 8.57. The molecule has 1 saturated heterocycles. The molecule has 188 valence electrons. The lowest BCUT2D eigenvalue weighted by Crippen LogP contribution is -2.60. The fourth-order valence-corrected chi connectivity index (χ4v) is 5.65. The Balaban J connectivity index is 1.69. The standard InChI is InChI=1S/C26H40FN5O2/c1-16(13-27)30-24-29-15-21-22(31-24)20(17-7-9-18(33)10-8-17)14-28-23(21)34-19-11-25(2,3)32(6)26(4,5)12-19/h14-19,33H,7-13H2,1-6H3,(H,29,30,31)/t16-,17?,18?/m0/s1. The lowest BCUT2D eigenvalue weighted by molar-refractivity contribution is -0.0563. The second-order valence-corrected chi connectivity index (χ2v) is 11.5. The van der Waals surface area contributed by atoms with Crippen LogP contribution in [0.1, 0.15) is 84.6 Å². The second-order valence-electron chi connectivity index (χ2n) is 11.5. The van der Waals surface area contributed by atoms with Gasteiger partial charge >= 0.3 is 0 Å². The fraction of sp³-hybridized carbons (Fsp3) is 0.731. The van der Waals surface area contributed by atoms with Crippen molar-refractivity contribution in [3.8, 4) is 5.88 Å². The van der Waals surface area contributed by atoms with Gasteiger partial charge in [-0.2, -0.15) is 0 Å². The molecule has 3 heterocycles. The summed E-state index contributed by atoms with van der Waals surface area (Å²) in [5.41, 5.74) is 1.86. The second kappa shape index (κ2) is 9.53. The Morgan fingerprint density at radius 3 is 2.38 bits per heavy atom. The molecule has 2 N–H and O–H groups in total. The van der Waals surface area contributed by atoms with Crippen molar-refractivity contribution in [3.05, 3.63) is 18.0 Å². The number of piperidine rings is 1. The van der Waals surface area contributed by atoms with Crippen LogP contribution in [0.25, 0.3) is 10.9 Å². The first-order valence-electron chi connectivity index (χ1n) is 12.6.